The van der Waals surface area contributed by atoms with Gasteiger partial charge in [-0.15, -0.1) is 11.3 Å². The van der Waals surface area contributed by atoms with Crippen molar-refractivity contribution < 1.29 is 9.59 Å². The second-order valence-corrected chi connectivity index (χ2v) is 8.55. The van der Waals surface area contributed by atoms with Gasteiger partial charge in [0.05, 0.1) is 17.1 Å². The van der Waals surface area contributed by atoms with Crippen molar-refractivity contribution in [2.24, 2.45) is 0 Å². The summed E-state index contributed by atoms with van der Waals surface area (Å²) in [5, 5.41) is 12.2. The van der Waals surface area contributed by atoms with Crippen molar-refractivity contribution >= 4 is 28.8 Å². The van der Waals surface area contributed by atoms with Gasteiger partial charge in [0, 0.05) is 23.5 Å². The predicted octanol–water partition coefficient (Wildman–Crippen LogP) is 4.79. The molecule has 0 atom stereocenters. The number of thiophene rings is 1. The first-order chi connectivity index (χ1) is 15.5. The van der Waals surface area contributed by atoms with Crippen LogP contribution in [0.5, 0.6) is 0 Å². The van der Waals surface area contributed by atoms with Crippen molar-refractivity contribution in [3.8, 4) is 0 Å². The Kier molecular flexibility index (Phi) is 6.47. The number of rotatable bonds is 7. The summed E-state index contributed by atoms with van der Waals surface area (Å²) >= 11 is 1.37. The number of aryl methyl sites for hydroxylation is 2. The van der Waals surface area contributed by atoms with Crippen molar-refractivity contribution in [3.63, 3.8) is 0 Å². The molecule has 0 aliphatic heterocycles. The van der Waals surface area contributed by atoms with Crippen LogP contribution in [0.25, 0.3) is 0 Å². The highest BCUT2D eigenvalue weighted by Gasteiger charge is 2.10. The highest BCUT2D eigenvalue weighted by Crippen LogP contribution is 2.15. The minimum absolute atomic E-state index is 0.183. The number of nitrogens with one attached hydrogen (secondary N) is 2. The number of hydrogen-bond acceptors (Lipinski definition) is 4. The monoisotopic (exact) mass is 444 g/mol. The lowest BCUT2D eigenvalue weighted by atomic mass is 10.1. The Hall–Kier alpha value is -3.71. The Labute approximate surface area is 190 Å². The molecule has 6 nitrogen and oxygen atoms in total. The van der Waals surface area contributed by atoms with E-state index in [0.717, 1.165) is 22.5 Å². The van der Waals surface area contributed by atoms with E-state index in [0.29, 0.717) is 29.2 Å². The van der Waals surface area contributed by atoms with Gasteiger partial charge in [0.25, 0.3) is 11.8 Å². The molecule has 2 heterocycles. The van der Waals surface area contributed by atoms with Crippen LogP contribution in [0.1, 0.15) is 42.5 Å². The Balaban J connectivity index is 1.37. The van der Waals surface area contributed by atoms with Crippen LogP contribution in [0.2, 0.25) is 0 Å². The van der Waals surface area contributed by atoms with Gasteiger partial charge in [-0.3, -0.25) is 14.3 Å². The van der Waals surface area contributed by atoms with Gasteiger partial charge in [-0.05, 0) is 60.7 Å². The first-order valence-corrected chi connectivity index (χ1v) is 11.2. The molecule has 0 bridgehead atoms. The van der Waals surface area contributed by atoms with Gasteiger partial charge in [-0.2, -0.15) is 5.10 Å². The maximum atomic E-state index is 12.7. The van der Waals surface area contributed by atoms with Crippen LogP contribution in [0.4, 0.5) is 5.69 Å². The molecule has 0 aliphatic rings. The van der Waals surface area contributed by atoms with Gasteiger partial charge in [-0.1, -0.05) is 36.4 Å². The number of anilines is 1. The van der Waals surface area contributed by atoms with Crippen molar-refractivity contribution in [2.75, 3.05) is 5.32 Å². The molecule has 0 saturated heterocycles. The van der Waals surface area contributed by atoms with Crippen molar-refractivity contribution in [1.82, 2.24) is 15.1 Å². The van der Waals surface area contributed by atoms with Crippen LogP contribution >= 0.6 is 11.3 Å². The molecule has 2 N–H and O–H groups in total. The molecule has 2 amide bonds. The number of carbonyl (C=O) groups is 2. The molecule has 32 heavy (non-hydrogen) atoms. The summed E-state index contributed by atoms with van der Waals surface area (Å²) in [6.07, 6.45) is 0. The molecule has 4 rings (SSSR count). The second kappa shape index (κ2) is 9.62. The van der Waals surface area contributed by atoms with Crippen LogP contribution in [0, 0.1) is 13.8 Å². The Morgan fingerprint density at radius 1 is 0.938 bits per heavy atom. The first kappa shape index (κ1) is 21.5. The van der Waals surface area contributed by atoms with E-state index in [2.05, 4.69) is 33.9 Å². The molecule has 0 saturated carbocycles. The van der Waals surface area contributed by atoms with E-state index >= 15 is 0 Å². The average Bonchev–Trinajstić information content (AvgIpc) is 3.42. The number of nitrogens with zero attached hydrogens (tertiary/aromatic N) is 2. The third kappa shape index (κ3) is 5.31. The molecule has 7 heteroatoms. The van der Waals surface area contributed by atoms with Crippen LogP contribution in [-0.4, -0.2) is 21.6 Å². The van der Waals surface area contributed by atoms with E-state index in [1.54, 1.807) is 30.3 Å². The molecule has 162 valence electrons. The van der Waals surface area contributed by atoms with Crippen LogP contribution in [0.3, 0.4) is 0 Å². The van der Waals surface area contributed by atoms with Crippen molar-refractivity contribution in [1.29, 1.82) is 0 Å². The zero-order chi connectivity index (χ0) is 22.5. The third-order valence-corrected chi connectivity index (χ3v) is 5.88. The van der Waals surface area contributed by atoms with E-state index in [9.17, 15) is 9.59 Å². The smallest absolute Gasteiger partial charge is 0.265 e. The van der Waals surface area contributed by atoms with Gasteiger partial charge < -0.3 is 10.6 Å². The van der Waals surface area contributed by atoms with Gasteiger partial charge in [0.15, 0.2) is 0 Å². The molecule has 0 radical (unpaired) electrons. The fourth-order valence-electron chi connectivity index (χ4n) is 3.47. The quantitative estimate of drug-likeness (QED) is 0.430. The average molecular weight is 445 g/mol. The summed E-state index contributed by atoms with van der Waals surface area (Å²) in [5.74, 6) is -0.377. The fraction of sp³-hybridized carbons (Fsp3) is 0.160. The van der Waals surface area contributed by atoms with Gasteiger partial charge >= 0.3 is 0 Å². The van der Waals surface area contributed by atoms with Gasteiger partial charge in [-0.25, -0.2) is 0 Å². The van der Waals surface area contributed by atoms with Crippen LogP contribution < -0.4 is 10.6 Å². The molecule has 2 aromatic carbocycles. The van der Waals surface area contributed by atoms with Gasteiger partial charge in [0.2, 0.25) is 0 Å². The Morgan fingerprint density at radius 3 is 2.50 bits per heavy atom. The summed E-state index contributed by atoms with van der Waals surface area (Å²) in [6, 6.07) is 20.7. The summed E-state index contributed by atoms with van der Waals surface area (Å²) in [5.41, 5.74) is 5.34. The molecular weight excluding hydrogens is 420 g/mol. The molecular formula is C25H24N4O2S. The summed E-state index contributed by atoms with van der Waals surface area (Å²) < 4.78 is 1.98. The van der Waals surface area contributed by atoms with Crippen molar-refractivity contribution in [3.05, 3.63) is 105 Å². The lowest BCUT2D eigenvalue weighted by Crippen LogP contribution is -2.23. The number of carbonyl (C=O) groups excluding carboxylic acids is 2. The lowest BCUT2D eigenvalue weighted by molar-refractivity contribution is 0.0949. The minimum atomic E-state index is -0.193. The summed E-state index contributed by atoms with van der Waals surface area (Å²) in [7, 11) is 0. The third-order valence-electron chi connectivity index (χ3n) is 5.01. The Morgan fingerprint density at radius 2 is 1.75 bits per heavy atom. The number of amides is 2. The SMILES string of the molecule is Cc1cc(C)n(Cc2cccc(CNC(=O)c3cccc(NC(=O)c4cccs4)c3)c2)n1. The minimum Gasteiger partial charge on any atom is -0.348 e. The number of aromatic nitrogens is 2. The molecule has 0 unspecified atom stereocenters. The molecule has 0 spiro atoms. The molecule has 0 fully saturated rings. The maximum Gasteiger partial charge on any atom is 0.265 e. The number of benzene rings is 2. The topological polar surface area (TPSA) is 76.0 Å². The molecule has 4 aromatic rings. The zero-order valence-corrected chi connectivity index (χ0v) is 18.8. The van der Waals surface area contributed by atoms with E-state index < -0.39 is 0 Å². The summed E-state index contributed by atoms with van der Waals surface area (Å²) in [6.45, 7) is 5.13. The van der Waals surface area contributed by atoms with E-state index in [1.165, 1.54) is 11.3 Å². The van der Waals surface area contributed by atoms with Crippen molar-refractivity contribution in [2.45, 2.75) is 26.9 Å². The maximum absolute atomic E-state index is 12.7. The van der Waals surface area contributed by atoms with Crippen LogP contribution in [-0.2, 0) is 13.1 Å². The first-order valence-electron chi connectivity index (χ1n) is 10.3. The molecule has 0 aliphatic carbocycles. The van der Waals surface area contributed by atoms with E-state index in [4.69, 9.17) is 0 Å². The van der Waals surface area contributed by atoms with Crippen LogP contribution in [0.15, 0.2) is 72.1 Å². The second-order valence-electron chi connectivity index (χ2n) is 7.60. The lowest BCUT2D eigenvalue weighted by Gasteiger charge is -2.10. The fourth-order valence-corrected chi connectivity index (χ4v) is 4.09. The highest BCUT2D eigenvalue weighted by atomic mass is 32.1. The van der Waals surface area contributed by atoms with E-state index in [-0.39, 0.29) is 11.8 Å². The van der Waals surface area contributed by atoms with Gasteiger partial charge in [0.1, 0.15) is 0 Å². The predicted molar refractivity (Wildman–Crippen MR) is 127 cm³/mol. The number of hydrogen-bond donors (Lipinski definition) is 2. The highest BCUT2D eigenvalue weighted by molar-refractivity contribution is 7.12. The normalized spacial score (nSPS) is 10.7. The largest absolute Gasteiger partial charge is 0.348 e. The summed E-state index contributed by atoms with van der Waals surface area (Å²) in [4.78, 5) is 25.5. The Bertz CT molecular complexity index is 1240. The zero-order valence-electron chi connectivity index (χ0n) is 18.0. The molecule has 2 aromatic heterocycles. The standard InChI is InChI=1S/C25H24N4O2S/c1-17-12-18(2)29(28-17)16-20-7-3-6-19(13-20)15-26-24(30)21-8-4-9-22(14-21)27-25(31)23-10-5-11-32-23/h3-14H,15-16H2,1-2H3,(H,26,30)(H,27,31). The van der Waals surface area contributed by atoms with E-state index in [1.807, 2.05) is 42.1 Å².